The van der Waals surface area contributed by atoms with E-state index in [0.29, 0.717) is 11.7 Å². The van der Waals surface area contributed by atoms with Crippen LogP contribution in [-0.2, 0) is 0 Å². The van der Waals surface area contributed by atoms with E-state index in [9.17, 15) is 10.1 Å². The third-order valence-electron chi connectivity index (χ3n) is 5.28. The Labute approximate surface area is 146 Å². The second kappa shape index (κ2) is 5.92. The van der Waals surface area contributed by atoms with E-state index in [4.69, 9.17) is 4.74 Å². The number of rotatable bonds is 3. The van der Waals surface area contributed by atoms with E-state index in [1.807, 2.05) is 0 Å². The van der Waals surface area contributed by atoms with Crippen LogP contribution >= 0.6 is 0 Å². The monoisotopic (exact) mass is 336 g/mol. The van der Waals surface area contributed by atoms with E-state index in [2.05, 4.69) is 48.7 Å². The van der Waals surface area contributed by atoms with Crippen LogP contribution in [0.25, 0.3) is 0 Å². The molecule has 0 unspecified atom stereocenters. The highest BCUT2D eigenvalue weighted by atomic mass is 16.6. The van der Waals surface area contributed by atoms with Crippen LogP contribution < -0.4 is 10.1 Å². The van der Waals surface area contributed by atoms with Gasteiger partial charge in [0.25, 0.3) is 5.69 Å². The number of hydrogen-bond donors (Lipinski definition) is 1. The molecule has 5 heteroatoms. The second-order valence-corrected chi connectivity index (χ2v) is 6.76. The first-order valence-electron chi connectivity index (χ1n) is 8.44. The summed E-state index contributed by atoms with van der Waals surface area (Å²) in [4.78, 5) is 10.9. The SMILES string of the molecule is COc1cc([N+](=O)[O-])cc2c1N[C@@H](c1ccc(C)cc1)[C@H]1CC=C[C@H]21. The molecule has 0 radical (unpaired) electrons. The van der Waals surface area contributed by atoms with Gasteiger partial charge in [-0.15, -0.1) is 0 Å². The van der Waals surface area contributed by atoms with Gasteiger partial charge in [-0.25, -0.2) is 0 Å². The number of benzene rings is 2. The van der Waals surface area contributed by atoms with Gasteiger partial charge in [-0.3, -0.25) is 10.1 Å². The summed E-state index contributed by atoms with van der Waals surface area (Å²) in [5.41, 5.74) is 4.36. The molecule has 25 heavy (non-hydrogen) atoms. The lowest BCUT2D eigenvalue weighted by Gasteiger charge is -2.38. The molecular weight excluding hydrogens is 316 g/mol. The molecule has 0 saturated heterocycles. The van der Waals surface area contributed by atoms with Crippen LogP contribution in [0.4, 0.5) is 11.4 Å². The zero-order chi connectivity index (χ0) is 17.6. The average molecular weight is 336 g/mol. The fourth-order valence-electron chi connectivity index (χ4n) is 4.02. The van der Waals surface area contributed by atoms with Crippen molar-refractivity contribution in [2.45, 2.75) is 25.3 Å². The molecule has 0 fully saturated rings. The topological polar surface area (TPSA) is 64.4 Å². The summed E-state index contributed by atoms with van der Waals surface area (Å²) in [6.45, 7) is 2.08. The van der Waals surface area contributed by atoms with E-state index >= 15 is 0 Å². The van der Waals surface area contributed by atoms with E-state index in [1.165, 1.54) is 17.2 Å². The van der Waals surface area contributed by atoms with Crippen LogP contribution in [0.5, 0.6) is 5.75 Å². The van der Waals surface area contributed by atoms with E-state index in [1.54, 1.807) is 13.2 Å². The molecule has 5 nitrogen and oxygen atoms in total. The van der Waals surface area contributed by atoms with Gasteiger partial charge >= 0.3 is 0 Å². The maximum Gasteiger partial charge on any atom is 0.273 e. The maximum atomic E-state index is 11.3. The maximum absolute atomic E-state index is 11.3. The number of nitro benzene ring substituents is 1. The lowest BCUT2D eigenvalue weighted by atomic mass is 9.76. The first kappa shape index (κ1) is 15.7. The van der Waals surface area contributed by atoms with Crippen molar-refractivity contribution < 1.29 is 9.66 Å². The van der Waals surface area contributed by atoms with Gasteiger partial charge in [0.15, 0.2) is 0 Å². The van der Waals surface area contributed by atoms with Crippen molar-refractivity contribution in [1.82, 2.24) is 0 Å². The Kier molecular flexibility index (Phi) is 3.71. The molecule has 1 aliphatic carbocycles. The molecule has 0 saturated carbocycles. The molecule has 128 valence electrons. The van der Waals surface area contributed by atoms with Crippen LogP contribution in [0.15, 0.2) is 48.6 Å². The summed E-state index contributed by atoms with van der Waals surface area (Å²) in [5.74, 6) is 1.04. The molecular formula is C20H20N2O3. The molecule has 2 aromatic carbocycles. The Hall–Kier alpha value is -2.82. The predicted molar refractivity (Wildman–Crippen MR) is 97.2 cm³/mol. The highest BCUT2D eigenvalue weighted by Crippen LogP contribution is 2.53. The minimum Gasteiger partial charge on any atom is -0.494 e. The molecule has 1 N–H and O–H groups in total. The van der Waals surface area contributed by atoms with Crippen LogP contribution in [0.1, 0.15) is 35.1 Å². The summed E-state index contributed by atoms with van der Waals surface area (Å²) in [6, 6.07) is 11.9. The molecule has 0 amide bonds. The molecule has 4 rings (SSSR count). The average Bonchev–Trinajstić information content (AvgIpc) is 3.10. The molecule has 0 bridgehead atoms. The van der Waals surface area contributed by atoms with Crippen LogP contribution in [-0.4, -0.2) is 12.0 Å². The second-order valence-electron chi connectivity index (χ2n) is 6.76. The smallest absolute Gasteiger partial charge is 0.273 e. The number of hydrogen-bond acceptors (Lipinski definition) is 4. The van der Waals surface area contributed by atoms with Crippen molar-refractivity contribution >= 4 is 11.4 Å². The van der Waals surface area contributed by atoms with E-state index in [-0.39, 0.29) is 22.6 Å². The highest BCUT2D eigenvalue weighted by Gasteiger charge is 2.40. The normalized spacial score (nSPS) is 23.5. The van der Waals surface area contributed by atoms with Gasteiger partial charge in [0.2, 0.25) is 0 Å². The summed E-state index contributed by atoms with van der Waals surface area (Å²) in [5, 5.41) is 14.9. The quantitative estimate of drug-likeness (QED) is 0.499. The number of ether oxygens (including phenoxy) is 1. The van der Waals surface area contributed by atoms with Gasteiger partial charge < -0.3 is 10.1 Å². The molecule has 2 aromatic rings. The minimum absolute atomic E-state index is 0.0743. The molecule has 2 aliphatic rings. The Morgan fingerprint density at radius 1 is 1.24 bits per heavy atom. The van der Waals surface area contributed by atoms with Crippen molar-refractivity contribution in [2.75, 3.05) is 12.4 Å². The third-order valence-corrected chi connectivity index (χ3v) is 5.28. The summed E-state index contributed by atoms with van der Waals surface area (Å²) in [7, 11) is 1.55. The first-order chi connectivity index (χ1) is 12.1. The number of nitrogens with zero attached hydrogens (tertiary/aromatic N) is 1. The molecule has 0 aromatic heterocycles. The van der Waals surface area contributed by atoms with Crippen molar-refractivity contribution in [2.24, 2.45) is 5.92 Å². The zero-order valence-corrected chi connectivity index (χ0v) is 14.2. The first-order valence-corrected chi connectivity index (χ1v) is 8.44. The zero-order valence-electron chi connectivity index (χ0n) is 14.2. The molecule has 3 atom stereocenters. The van der Waals surface area contributed by atoms with Gasteiger partial charge in [-0.05, 0) is 30.4 Å². The lowest BCUT2D eigenvalue weighted by Crippen LogP contribution is -2.29. The van der Waals surface area contributed by atoms with Gasteiger partial charge in [-0.1, -0.05) is 42.0 Å². The molecule has 1 aliphatic heterocycles. The number of methoxy groups -OCH3 is 1. The van der Waals surface area contributed by atoms with Gasteiger partial charge in [0, 0.05) is 12.0 Å². The van der Waals surface area contributed by atoms with Crippen molar-refractivity contribution in [3.05, 3.63) is 75.4 Å². The number of non-ortho nitro benzene ring substituents is 1. The summed E-state index contributed by atoms with van der Waals surface area (Å²) >= 11 is 0. The Bertz CT molecular complexity index is 858. The number of fused-ring (bicyclic) bond motifs is 3. The number of aryl methyl sites for hydroxylation is 1. The van der Waals surface area contributed by atoms with Crippen molar-refractivity contribution in [3.8, 4) is 5.75 Å². The molecule has 0 spiro atoms. The number of allylic oxidation sites excluding steroid dienone is 2. The number of nitro groups is 1. The third kappa shape index (κ3) is 2.56. The van der Waals surface area contributed by atoms with Crippen LogP contribution in [0.3, 0.4) is 0 Å². The lowest BCUT2D eigenvalue weighted by molar-refractivity contribution is -0.385. The van der Waals surface area contributed by atoms with Crippen molar-refractivity contribution in [3.63, 3.8) is 0 Å². The fraction of sp³-hybridized carbons (Fsp3) is 0.300. The summed E-state index contributed by atoms with van der Waals surface area (Å²) < 4.78 is 5.46. The fourth-order valence-corrected chi connectivity index (χ4v) is 4.02. The summed E-state index contributed by atoms with van der Waals surface area (Å²) in [6.07, 6.45) is 5.31. The van der Waals surface area contributed by atoms with Gasteiger partial charge in [0.1, 0.15) is 5.75 Å². The standard InChI is InChI=1S/C20H20N2O3/c1-12-6-8-13(9-7-12)19-16-5-3-4-15(16)17-10-14(22(23)24)11-18(25-2)20(17)21-19/h3-4,6-11,15-16,19,21H,5H2,1-2H3/t15-,16-,19-/m0/s1. The van der Waals surface area contributed by atoms with E-state index in [0.717, 1.165) is 17.7 Å². The number of nitrogens with one attached hydrogen (secondary N) is 1. The molecule has 1 heterocycles. The van der Waals surface area contributed by atoms with E-state index < -0.39 is 0 Å². The largest absolute Gasteiger partial charge is 0.494 e. The Morgan fingerprint density at radius 3 is 2.68 bits per heavy atom. The predicted octanol–water partition coefficient (Wildman–Crippen LogP) is 4.74. The number of anilines is 1. The van der Waals surface area contributed by atoms with Crippen molar-refractivity contribution in [1.29, 1.82) is 0 Å². The van der Waals surface area contributed by atoms with Crippen LogP contribution in [0.2, 0.25) is 0 Å². The van der Waals surface area contributed by atoms with Crippen LogP contribution in [0, 0.1) is 23.0 Å². The van der Waals surface area contributed by atoms with Gasteiger partial charge in [0.05, 0.1) is 29.8 Å². The van der Waals surface area contributed by atoms with Gasteiger partial charge in [-0.2, -0.15) is 0 Å². The Morgan fingerprint density at radius 2 is 2.00 bits per heavy atom. The highest BCUT2D eigenvalue weighted by molar-refractivity contribution is 5.71. The minimum atomic E-state index is -0.359. The Balaban J connectivity index is 1.84.